The van der Waals surface area contributed by atoms with E-state index in [0.717, 1.165) is 18.5 Å². The molecule has 2 aromatic rings. The zero-order valence-electron chi connectivity index (χ0n) is 9.85. The standard InChI is InChI=1S/C10H9F3N4O2S/c11-10(12,13)7-3-1-2-4-8(7)20(18,19)16-5-9-14-6-15-17-9/h1-4,6,16H,5H2,(H,14,15,17). The molecule has 0 unspecified atom stereocenters. The SMILES string of the molecule is O=S(=O)(NCc1ncn[nH]1)c1ccccc1C(F)(F)F. The van der Waals surface area contributed by atoms with Crippen molar-refractivity contribution in [1.82, 2.24) is 19.9 Å². The lowest BCUT2D eigenvalue weighted by Crippen LogP contribution is -2.26. The van der Waals surface area contributed by atoms with Crippen LogP contribution in [0.25, 0.3) is 0 Å². The third kappa shape index (κ3) is 3.14. The van der Waals surface area contributed by atoms with E-state index in [9.17, 15) is 21.6 Å². The van der Waals surface area contributed by atoms with E-state index in [0.29, 0.717) is 6.07 Å². The van der Waals surface area contributed by atoms with Gasteiger partial charge in [-0.3, -0.25) is 5.10 Å². The first-order valence-corrected chi connectivity index (χ1v) is 6.79. The van der Waals surface area contributed by atoms with Crippen molar-refractivity contribution in [1.29, 1.82) is 0 Å². The maximum atomic E-state index is 12.8. The molecule has 0 saturated carbocycles. The number of H-pyrrole nitrogens is 1. The molecule has 0 spiro atoms. The highest BCUT2D eigenvalue weighted by Crippen LogP contribution is 2.33. The van der Waals surface area contributed by atoms with Crippen LogP contribution in [0, 0.1) is 0 Å². The third-order valence-electron chi connectivity index (χ3n) is 2.38. The molecule has 20 heavy (non-hydrogen) atoms. The second kappa shape index (κ2) is 5.21. The van der Waals surface area contributed by atoms with E-state index in [1.807, 2.05) is 4.72 Å². The summed E-state index contributed by atoms with van der Waals surface area (Å²) in [5.41, 5.74) is -1.22. The van der Waals surface area contributed by atoms with Crippen LogP contribution in [-0.4, -0.2) is 23.6 Å². The molecule has 1 heterocycles. The highest BCUT2D eigenvalue weighted by atomic mass is 32.2. The summed E-state index contributed by atoms with van der Waals surface area (Å²) >= 11 is 0. The second-order valence-electron chi connectivity index (χ2n) is 3.75. The Morgan fingerprint density at radius 3 is 2.55 bits per heavy atom. The van der Waals surface area contributed by atoms with Crippen LogP contribution >= 0.6 is 0 Å². The molecule has 10 heteroatoms. The summed E-state index contributed by atoms with van der Waals surface area (Å²) < 4.78 is 64.2. The van der Waals surface area contributed by atoms with Gasteiger partial charge >= 0.3 is 6.18 Å². The van der Waals surface area contributed by atoms with Gasteiger partial charge in [0.05, 0.1) is 17.0 Å². The van der Waals surface area contributed by atoms with Crippen molar-refractivity contribution in [2.45, 2.75) is 17.6 Å². The van der Waals surface area contributed by atoms with Crippen LogP contribution in [0.2, 0.25) is 0 Å². The molecule has 1 aromatic carbocycles. The summed E-state index contributed by atoms with van der Waals surface area (Å²) in [7, 11) is -4.31. The molecule has 0 saturated heterocycles. The largest absolute Gasteiger partial charge is 0.417 e. The predicted octanol–water partition coefficient (Wildman–Crippen LogP) is 1.30. The average molecular weight is 306 g/mol. The van der Waals surface area contributed by atoms with Gasteiger partial charge in [0.25, 0.3) is 0 Å². The fourth-order valence-corrected chi connectivity index (χ4v) is 2.71. The molecule has 0 atom stereocenters. The zero-order chi connectivity index (χ0) is 14.8. The number of aromatic amines is 1. The first-order chi connectivity index (χ1) is 9.31. The third-order valence-corrected chi connectivity index (χ3v) is 3.84. The molecule has 108 valence electrons. The van der Waals surface area contributed by atoms with Crippen LogP contribution in [0.5, 0.6) is 0 Å². The number of sulfonamides is 1. The van der Waals surface area contributed by atoms with E-state index < -0.39 is 26.7 Å². The molecular weight excluding hydrogens is 297 g/mol. The summed E-state index contributed by atoms with van der Waals surface area (Å²) in [5, 5.41) is 5.90. The molecule has 2 N–H and O–H groups in total. The van der Waals surface area contributed by atoms with Gasteiger partial charge in [-0.2, -0.15) is 18.3 Å². The van der Waals surface area contributed by atoms with Crippen molar-refractivity contribution in [3.63, 3.8) is 0 Å². The van der Waals surface area contributed by atoms with Gasteiger partial charge in [-0.1, -0.05) is 12.1 Å². The number of benzene rings is 1. The first-order valence-electron chi connectivity index (χ1n) is 5.31. The van der Waals surface area contributed by atoms with Crippen molar-refractivity contribution < 1.29 is 21.6 Å². The highest BCUT2D eigenvalue weighted by Gasteiger charge is 2.36. The Labute approximate surface area is 112 Å². The van der Waals surface area contributed by atoms with Crippen LogP contribution in [0.1, 0.15) is 11.4 Å². The first kappa shape index (κ1) is 14.5. The summed E-state index contributed by atoms with van der Waals surface area (Å²) in [4.78, 5) is 2.84. The fraction of sp³-hybridized carbons (Fsp3) is 0.200. The maximum absolute atomic E-state index is 12.8. The van der Waals surface area contributed by atoms with Crippen LogP contribution < -0.4 is 4.72 Å². The number of nitrogens with one attached hydrogen (secondary N) is 2. The molecule has 0 radical (unpaired) electrons. The highest BCUT2D eigenvalue weighted by molar-refractivity contribution is 7.89. The van der Waals surface area contributed by atoms with Crippen molar-refractivity contribution in [2.75, 3.05) is 0 Å². The summed E-state index contributed by atoms with van der Waals surface area (Å²) in [6.07, 6.45) is -3.59. The lowest BCUT2D eigenvalue weighted by molar-refractivity contribution is -0.139. The lowest BCUT2D eigenvalue weighted by atomic mass is 10.2. The Hall–Kier alpha value is -1.94. The minimum absolute atomic E-state index is 0.193. The van der Waals surface area contributed by atoms with Crippen LogP contribution in [0.3, 0.4) is 0 Å². The minimum Gasteiger partial charge on any atom is -0.262 e. The second-order valence-corrected chi connectivity index (χ2v) is 5.49. The average Bonchev–Trinajstić information content (AvgIpc) is 2.89. The minimum atomic E-state index is -4.75. The molecule has 0 bridgehead atoms. The topological polar surface area (TPSA) is 87.7 Å². The molecule has 0 aliphatic rings. The van der Waals surface area contributed by atoms with Crippen molar-refractivity contribution in [3.8, 4) is 0 Å². The Morgan fingerprint density at radius 1 is 1.25 bits per heavy atom. The van der Waals surface area contributed by atoms with Gasteiger partial charge in [-0.25, -0.2) is 18.1 Å². The molecule has 0 aliphatic heterocycles. The molecular formula is C10H9F3N4O2S. The number of halogens is 3. The number of rotatable bonds is 4. The predicted molar refractivity (Wildman–Crippen MR) is 61.9 cm³/mol. The quantitative estimate of drug-likeness (QED) is 0.891. The van der Waals surface area contributed by atoms with Gasteiger partial charge in [0.2, 0.25) is 10.0 Å². The van der Waals surface area contributed by atoms with Gasteiger partial charge in [-0.05, 0) is 12.1 Å². The Bertz CT molecular complexity index is 683. The van der Waals surface area contributed by atoms with Gasteiger partial charge < -0.3 is 0 Å². The Morgan fingerprint density at radius 2 is 1.95 bits per heavy atom. The van der Waals surface area contributed by atoms with Gasteiger partial charge in [-0.15, -0.1) is 0 Å². The van der Waals surface area contributed by atoms with Crippen LogP contribution in [0.4, 0.5) is 13.2 Å². The van der Waals surface area contributed by atoms with Crippen LogP contribution in [-0.2, 0) is 22.7 Å². The van der Waals surface area contributed by atoms with Gasteiger partial charge in [0.15, 0.2) is 0 Å². The number of aromatic nitrogens is 3. The van der Waals surface area contributed by atoms with Crippen molar-refractivity contribution in [2.24, 2.45) is 0 Å². The van der Waals surface area contributed by atoms with Gasteiger partial charge in [0.1, 0.15) is 12.2 Å². The Kier molecular flexibility index (Phi) is 3.77. The Balaban J connectivity index is 2.30. The number of alkyl halides is 3. The molecule has 6 nitrogen and oxygen atoms in total. The maximum Gasteiger partial charge on any atom is 0.417 e. The molecule has 2 rings (SSSR count). The number of hydrogen-bond acceptors (Lipinski definition) is 4. The van der Waals surface area contributed by atoms with E-state index in [1.165, 1.54) is 6.07 Å². The molecule has 1 aromatic heterocycles. The number of nitrogens with zero attached hydrogens (tertiary/aromatic N) is 2. The monoisotopic (exact) mass is 306 g/mol. The van der Waals surface area contributed by atoms with E-state index in [2.05, 4.69) is 15.2 Å². The summed E-state index contributed by atoms with van der Waals surface area (Å²) in [5.74, 6) is 0.193. The summed E-state index contributed by atoms with van der Waals surface area (Å²) in [6, 6.07) is 3.95. The molecule has 0 aliphatic carbocycles. The van der Waals surface area contributed by atoms with Crippen molar-refractivity contribution in [3.05, 3.63) is 42.0 Å². The van der Waals surface area contributed by atoms with E-state index in [4.69, 9.17) is 0 Å². The van der Waals surface area contributed by atoms with E-state index >= 15 is 0 Å². The molecule has 0 amide bonds. The normalized spacial score (nSPS) is 12.6. The smallest absolute Gasteiger partial charge is 0.262 e. The van der Waals surface area contributed by atoms with Crippen LogP contribution in [0.15, 0.2) is 35.5 Å². The fourth-order valence-electron chi connectivity index (χ4n) is 1.49. The molecule has 0 fully saturated rings. The van der Waals surface area contributed by atoms with Crippen molar-refractivity contribution >= 4 is 10.0 Å². The van der Waals surface area contributed by atoms with Gasteiger partial charge in [0, 0.05) is 0 Å². The van der Waals surface area contributed by atoms with E-state index in [1.54, 1.807) is 0 Å². The lowest BCUT2D eigenvalue weighted by Gasteiger charge is -2.13. The zero-order valence-corrected chi connectivity index (χ0v) is 10.7. The number of hydrogen-bond donors (Lipinski definition) is 2. The summed E-state index contributed by atoms with van der Waals surface area (Å²) in [6.45, 7) is -0.283. The van der Waals surface area contributed by atoms with E-state index in [-0.39, 0.29) is 12.4 Å².